The SMILES string of the molecule is NC(=O)c1ccc(C(=O)Nc2c(-c3ccccc3)c(O)c3c4c(cccc24)C2=C3CCCC2)cc1. The molecule has 5 heteroatoms. The molecule has 2 aliphatic carbocycles. The van der Waals surface area contributed by atoms with E-state index in [2.05, 4.69) is 11.4 Å². The largest absolute Gasteiger partial charge is 0.507 e. The van der Waals surface area contributed by atoms with E-state index in [4.69, 9.17) is 5.73 Å². The van der Waals surface area contributed by atoms with Gasteiger partial charge in [0.2, 0.25) is 5.91 Å². The molecule has 0 aliphatic heterocycles. The van der Waals surface area contributed by atoms with Crippen LogP contribution in [-0.2, 0) is 0 Å². The van der Waals surface area contributed by atoms with Crippen molar-refractivity contribution < 1.29 is 14.7 Å². The summed E-state index contributed by atoms with van der Waals surface area (Å²) in [7, 11) is 0. The lowest BCUT2D eigenvalue weighted by Crippen LogP contribution is -2.15. The maximum absolute atomic E-state index is 13.4. The Morgan fingerprint density at radius 1 is 0.771 bits per heavy atom. The first-order valence-corrected chi connectivity index (χ1v) is 11.9. The molecule has 5 nitrogen and oxygen atoms in total. The van der Waals surface area contributed by atoms with E-state index in [1.807, 2.05) is 42.5 Å². The van der Waals surface area contributed by atoms with Crippen LogP contribution in [0.5, 0.6) is 5.75 Å². The highest BCUT2D eigenvalue weighted by molar-refractivity contribution is 6.23. The monoisotopic (exact) mass is 460 g/mol. The van der Waals surface area contributed by atoms with Crippen LogP contribution in [0.25, 0.3) is 33.0 Å². The van der Waals surface area contributed by atoms with Crippen molar-refractivity contribution in [2.75, 3.05) is 5.32 Å². The zero-order valence-corrected chi connectivity index (χ0v) is 19.1. The number of aromatic hydroxyl groups is 1. The summed E-state index contributed by atoms with van der Waals surface area (Å²) in [5.74, 6) is -0.659. The molecule has 4 aromatic carbocycles. The van der Waals surface area contributed by atoms with Crippen LogP contribution in [0, 0.1) is 0 Å². The fraction of sp³-hybridized carbons (Fsp3) is 0.133. The molecular formula is C30H24N2O3. The van der Waals surface area contributed by atoms with Crippen molar-refractivity contribution in [2.45, 2.75) is 25.7 Å². The molecule has 4 N–H and O–H groups in total. The summed E-state index contributed by atoms with van der Waals surface area (Å²) in [6.07, 6.45) is 4.19. The molecule has 2 amide bonds. The Morgan fingerprint density at radius 3 is 2.17 bits per heavy atom. The predicted molar refractivity (Wildman–Crippen MR) is 139 cm³/mol. The minimum Gasteiger partial charge on any atom is -0.507 e. The van der Waals surface area contributed by atoms with Crippen LogP contribution in [-0.4, -0.2) is 16.9 Å². The maximum atomic E-state index is 13.4. The van der Waals surface area contributed by atoms with E-state index in [1.54, 1.807) is 12.1 Å². The van der Waals surface area contributed by atoms with Crippen LogP contribution >= 0.6 is 0 Å². The summed E-state index contributed by atoms with van der Waals surface area (Å²) in [5.41, 5.74) is 12.7. The zero-order chi connectivity index (χ0) is 24.1. The van der Waals surface area contributed by atoms with Crippen LogP contribution in [0.15, 0.2) is 72.8 Å². The Bertz CT molecular complexity index is 1550. The van der Waals surface area contributed by atoms with Crippen LogP contribution in [0.1, 0.15) is 57.5 Å². The minimum atomic E-state index is -0.544. The summed E-state index contributed by atoms with van der Waals surface area (Å²) in [6.45, 7) is 0. The molecule has 0 spiro atoms. The quantitative estimate of drug-likeness (QED) is 0.331. The molecule has 4 aromatic rings. The second kappa shape index (κ2) is 8.13. The third-order valence-electron chi connectivity index (χ3n) is 7.13. The number of allylic oxidation sites excluding steroid dienone is 2. The molecule has 2 aliphatic rings. The molecule has 0 fully saturated rings. The van der Waals surface area contributed by atoms with Gasteiger partial charge in [0.05, 0.1) is 5.69 Å². The average Bonchev–Trinajstić information content (AvgIpc) is 3.23. The van der Waals surface area contributed by atoms with E-state index >= 15 is 0 Å². The molecule has 35 heavy (non-hydrogen) atoms. The number of benzene rings is 4. The molecular weight excluding hydrogens is 436 g/mol. The van der Waals surface area contributed by atoms with Gasteiger partial charge in [-0.3, -0.25) is 9.59 Å². The van der Waals surface area contributed by atoms with Crippen LogP contribution in [0.2, 0.25) is 0 Å². The Labute approximate surface area is 202 Å². The second-order valence-corrected chi connectivity index (χ2v) is 9.13. The van der Waals surface area contributed by atoms with Crippen molar-refractivity contribution in [2.24, 2.45) is 5.73 Å². The topological polar surface area (TPSA) is 92.4 Å². The normalized spacial score (nSPS) is 14.2. The van der Waals surface area contributed by atoms with Crippen molar-refractivity contribution in [1.82, 2.24) is 0 Å². The first-order chi connectivity index (χ1) is 17.0. The van der Waals surface area contributed by atoms with Crippen molar-refractivity contribution in [3.05, 3.63) is 95.1 Å². The van der Waals surface area contributed by atoms with E-state index in [0.29, 0.717) is 22.4 Å². The number of phenolic OH excluding ortho intramolecular Hbond substituents is 1. The Balaban J connectivity index is 1.57. The first-order valence-electron chi connectivity index (χ1n) is 11.9. The van der Waals surface area contributed by atoms with Gasteiger partial charge in [-0.05, 0) is 72.2 Å². The fourth-order valence-electron chi connectivity index (χ4n) is 5.54. The van der Waals surface area contributed by atoms with Crippen molar-refractivity contribution in [3.63, 3.8) is 0 Å². The lowest BCUT2D eigenvalue weighted by Gasteiger charge is -2.20. The molecule has 0 bridgehead atoms. The molecule has 0 unspecified atom stereocenters. The summed E-state index contributed by atoms with van der Waals surface area (Å²) < 4.78 is 0. The molecule has 0 saturated heterocycles. The highest BCUT2D eigenvalue weighted by Crippen LogP contribution is 2.56. The summed E-state index contributed by atoms with van der Waals surface area (Å²) >= 11 is 0. The number of nitrogens with two attached hydrogens (primary N) is 1. The first kappa shape index (κ1) is 21.2. The lowest BCUT2D eigenvalue weighted by molar-refractivity contribution is 0.0995. The Morgan fingerprint density at radius 2 is 1.46 bits per heavy atom. The Hall–Kier alpha value is -4.38. The molecule has 6 rings (SSSR count). The van der Waals surface area contributed by atoms with Crippen molar-refractivity contribution in [1.29, 1.82) is 0 Å². The van der Waals surface area contributed by atoms with Gasteiger partial charge in [0.1, 0.15) is 5.75 Å². The number of primary amides is 1. The van der Waals surface area contributed by atoms with Gasteiger partial charge in [0, 0.05) is 33.0 Å². The number of anilines is 1. The minimum absolute atomic E-state index is 0.211. The predicted octanol–water partition coefficient (Wildman–Crippen LogP) is 6.36. The standard InChI is InChI=1S/C30H24N2O3/c31-29(34)18-13-15-19(16-14-18)30(35)32-27-23-12-6-11-21-20-9-4-5-10-22(20)26(25(21)23)28(33)24(27)17-7-2-1-3-8-17/h1-3,6-8,11-16,33H,4-5,9-10H2,(H2,31,34)(H,32,35). The number of hydrogen-bond acceptors (Lipinski definition) is 3. The molecule has 172 valence electrons. The fourth-order valence-corrected chi connectivity index (χ4v) is 5.54. The number of hydrogen-bond donors (Lipinski definition) is 3. The van der Waals surface area contributed by atoms with Crippen LogP contribution in [0.3, 0.4) is 0 Å². The van der Waals surface area contributed by atoms with E-state index in [-0.39, 0.29) is 11.7 Å². The molecule has 0 aromatic heterocycles. The lowest BCUT2D eigenvalue weighted by atomic mass is 9.88. The number of carbonyl (C=O) groups excluding carboxylic acids is 2. The van der Waals surface area contributed by atoms with E-state index in [0.717, 1.165) is 53.1 Å². The van der Waals surface area contributed by atoms with Gasteiger partial charge >= 0.3 is 0 Å². The molecule has 0 saturated carbocycles. The van der Waals surface area contributed by atoms with Gasteiger partial charge in [-0.25, -0.2) is 0 Å². The number of phenols is 1. The van der Waals surface area contributed by atoms with Gasteiger partial charge < -0.3 is 16.2 Å². The smallest absolute Gasteiger partial charge is 0.255 e. The highest BCUT2D eigenvalue weighted by atomic mass is 16.3. The van der Waals surface area contributed by atoms with Gasteiger partial charge in [0.25, 0.3) is 5.91 Å². The number of rotatable bonds is 4. The summed E-state index contributed by atoms with van der Waals surface area (Å²) in [4.78, 5) is 24.8. The summed E-state index contributed by atoms with van der Waals surface area (Å²) in [5, 5.41) is 16.7. The van der Waals surface area contributed by atoms with E-state index in [1.165, 1.54) is 23.3 Å². The molecule has 0 atom stereocenters. The van der Waals surface area contributed by atoms with Gasteiger partial charge in [-0.2, -0.15) is 0 Å². The van der Waals surface area contributed by atoms with E-state index < -0.39 is 5.91 Å². The maximum Gasteiger partial charge on any atom is 0.255 e. The number of fused-ring (bicyclic) bond motifs is 2. The molecule has 0 heterocycles. The second-order valence-electron chi connectivity index (χ2n) is 9.13. The molecule has 0 radical (unpaired) electrons. The van der Waals surface area contributed by atoms with Gasteiger partial charge in [-0.15, -0.1) is 0 Å². The number of amides is 2. The van der Waals surface area contributed by atoms with Crippen molar-refractivity contribution >= 4 is 39.4 Å². The highest BCUT2D eigenvalue weighted by Gasteiger charge is 2.32. The van der Waals surface area contributed by atoms with Gasteiger partial charge in [0.15, 0.2) is 0 Å². The zero-order valence-electron chi connectivity index (χ0n) is 19.1. The van der Waals surface area contributed by atoms with Crippen LogP contribution < -0.4 is 11.1 Å². The summed E-state index contributed by atoms with van der Waals surface area (Å²) in [6, 6.07) is 22.1. The van der Waals surface area contributed by atoms with Gasteiger partial charge in [-0.1, -0.05) is 48.5 Å². The van der Waals surface area contributed by atoms with E-state index in [9.17, 15) is 14.7 Å². The van der Waals surface area contributed by atoms with Crippen LogP contribution in [0.4, 0.5) is 5.69 Å². The third-order valence-corrected chi connectivity index (χ3v) is 7.13. The Kier molecular flexibility index (Phi) is 4.92. The van der Waals surface area contributed by atoms with Crippen molar-refractivity contribution in [3.8, 4) is 16.9 Å². The number of nitrogens with one attached hydrogen (secondary N) is 1. The number of carbonyl (C=O) groups is 2. The average molecular weight is 461 g/mol. The third kappa shape index (κ3) is 3.31.